The van der Waals surface area contributed by atoms with Crippen molar-refractivity contribution in [2.24, 2.45) is 4.99 Å². The molecule has 0 bridgehead atoms. The summed E-state index contributed by atoms with van der Waals surface area (Å²) in [6.07, 6.45) is 0. The third kappa shape index (κ3) is 9.47. The van der Waals surface area contributed by atoms with Gasteiger partial charge in [0.05, 0.1) is 6.54 Å². The molecule has 5 heteroatoms. The number of rotatable bonds is 7. The van der Waals surface area contributed by atoms with Crippen LogP contribution >= 0.6 is 24.0 Å². The summed E-state index contributed by atoms with van der Waals surface area (Å²) in [5.74, 6) is 1.31. The highest BCUT2D eigenvalue weighted by Crippen LogP contribution is 2.18. The van der Waals surface area contributed by atoms with Gasteiger partial charge in [-0.05, 0) is 40.2 Å². The summed E-state index contributed by atoms with van der Waals surface area (Å²) >= 11 is 0. The van der Waals surface area contributed by atoms with Gasteiger partial charge in [-0.2, -0.15) is 0 Å². The SMILES string of the molecule is CCNC(=NCCNC(C)(C)C)NC(C)C(C)c1ccccc1.I. The highest BCUT2D eigenvalue weighted by atomic mass is 127. The summed E-state index contributed by atoms with van der Waals surface area (Å²) < 4.78 is 0. The minimum Gasteiger partial charge on any atom is -0.357 e. The fourth-order valence-corrected chi connectivity index (χ4v) is 2.30. The molecule has 138 valence electrons. The van der Waals surface area contributed by atoms with Crippen molar-refractivity contribution in [3.05, 3.63) is 35.9 Å². The molecule has 1 aromatic rings. The zero-order valence-corrected chi connectivity index (χ0v) is 18.3. The maximum absolute atomic E-state index is 4.66. The summed E-state index contributed by atoms with van der Waals surface area (Å²) in [6.45, 7) is 15.6. The Morgan fingerprint density at radius 3 is 2.29 bits per heavy atom. The first-order valence-electron chi connectivity index (χ1n) is 8.68. The van der Waals surface area contributed by atoms with Crippen LogP contribution < -0.4 is 16.0 Å². The van der Waals surface area contributed by atoms with Gasteiger partial charge in [-0.25, -0.2) is 0 Å². The van der Waals surface area contributed by atoms with E-state index in [1.165, 1.54) is 5.56 Å². The normalized spacial score (nSPS) is 14.5. The van der Waals surface area contributed by atoms with Crippen LogP contribution in [-0.4, -0.2) is 37.2 Å². The van der Waals surface area contributed by atoms with E-state index in [9.17, 15) is 0 Å². The molecule has 0 aliphatic rings. The number of nitrogens with zero attached hydrogens (tertiary/aromatic N) is 1. The molecule has 0 fully saturated rings. The van der Waals surface area contributed by atoms with Gasteiger partial charge in [-0.3, -0.25) is 4.99 Å². The fourth-order valence-electron chi connectivity index (χ4n) is 2.30. The second-order valence-electron chi connectivity index (χ2n) is 7.07. The molecule has 0 aromatic heterocycles. The molecule has 0 spiro atoms. The Balaban J connectivity index is 0.00000529. The van der Waals surface area contributed by atoms with Crippen LogP contribution in [0.3, 0.4) is 0 Å². The summed E-state index contributed by atoms with van der Waals surface area (Å²) in [4.78, 5) is 4.66. The highest BCUT2D eigenvalue weighted by molar-refractivity contribution is 14.0. The van der Waals surface area contributed by atoms with Crippen molar-refractivity contribution in [3.63, 3.8) is 0 Å². The molecule has 0 aliphatic carbocycles. The molecule has 0 saturated heterocycles. The minimum absolute atomic E-state index is 0. The Labute approximate surface area is 165 Å². The second kappa shape index (κ2) is 11.7. The van der Waals surface area contributed by atoms with E-state index < -0.39 is 0 Å². The molecule has 0 aliphatic heterocycles. The van der Waals surface area contributed by atoms with E-state index in [1.54, 1.807) is 0 Å². The van der Waals surface area contributed by atoms with Gasteiger partial charge in [0.1, 0.15) is 0 Å². The highest BCUT2D eigenvalue weighted by Gasteiger charge is 2.15. The standard InChI is InChI=1S/C19H34N4.HI/c1-7-20-18(21-13-14-22-19(4,5)6)23-16(3)15(2)17-11-9-8-10-12-17;/h8-12,15-16,22H,7,13-14H2,1-6H3,(H2,20,21,23);1H. The Kier molecular flexibility index (Phi) is 11.3. The van der Waals surface area contributed by atoms with E-state index in [4.69, 9.17) is 0 Å². The van der Waals surface area contributed by atoms with E-state index in [1.807, 2.05) is 0 Å². The first-order chi connectivity index (χ1) is 10.8. The fraction of sp³-hybridized carbons (Fsp3) is 0.632. The lowest BCUT2D eigenvalue weighted by Gasteiger charge is -2.24. The van der Waals surface area contributed by atoms with Crippen LogP contribution in [0.15, 0.2) is 35.3 Å². The Bertz CT molecular complexity index is 468. The number of hydrogen-bond donors (Lipinski definition) is 3. The maximum atomic E-state index is 4.66. The molecule has 2 unspecified atom stereocenters. The molecule has 4 nitrogen and oxygen atoms in total. The van der Waals surface area contributed by atoms with Gasteiger partial charge in [0, 0.05) is 30.6 Å². The molecule has 3 N–H and O–H groups in total. The monoisotopic (exact) mass is 446 g/mol. The van der Waals surface area contributed by atoms with Crippen molar-refractivity contribution in [1.82, 2.24) is 16.0 Å². The van der Waals surface area contributed by atoms with Gasteiger partial charge in [-0.1, -0.05) is 37.3 Å². The number of guanidine groups is 1. The van der Waals surface area contributed by atoms with Crippen molar-refractivity contribution in [1.29, 1.82) is 0 Å². The Morgan fingerprint density at radius 2 is 1.75 bits per heavy atom. The molecular weight excluding hydrogens is 411 g/mol. The van der Waals surface area contributed by atoms with E-state index in [2.05, 4.69) is 92.8 Å². The lowest BCUT2D eigenvalue weighted by Crippen LogP contribution is -2.45. The van der Waals surface area contributed by atoms with Crippen LogP contribution in [0, 0.1) is 0 Å². The summed E-state index contributed by atoms with van der Waals surface area (Å²) in [5.41, 5.74) is 1.48. The molecule has 1 aromatic carbocycles. The predicted molar refractivity (Wildman–Crippen MR) is 117 cm³/mol. The van der Waals surface area contributed by atoms with Crippen LogP contribution in [0.25, 0.3) is 0 Å². The smallest absolute Gasteiger partial charge is 0.191 e. The average Bonchev–Trinajstić information content (AvgIpc) is 2.50. The van der Waals surface area contributed by atoms with Crippen molar-refractivity contribution in [2.75, 3.05) is 19.6 Å². The van der Waals surface area contributed by atoms with Gasteiger partial charge < -0.3 is 16.0 Å². The lowest BCUT2D eigenvalue weighted by atomic mass is 9.94. The summed E-state index contributed by atoms with van der Waals surface area (Å²) in [5, 5.41) is 10.3. The van der Waals surface area contributed by atoms with Gasteiger partial charge in [0.2, 0.25) is 0 Å². The quantitative estimate of drug-likeness (QED) is 0.259. The van der Waals surface area contributed by atoms with Crippen molar-refractivity contribution < 1.29 is 0 Å². The zero-order valence-electron chi connectivity index (χ0n) is 16.0. The summed E-state index contributed by atoms with van der Waals surface area (Å²) in [7, 11) is 0. The number of aliphatic imine (C=N–C) groups is 1. The molecule has 0 amide bonds. The van der Waals surface area contributed by atoms with E-state index in [0.29, 0.717) is 12.0 Å². The molecule has 2 atom stereocenters. The van der Waals surface area contributed by atoms with Crippen LogP contribution in [0.5, 0.6) is 0 Å². The first-order valence-corrected chi connectivity index (χ1v) is 8.68. The third-order valence-electron chi connectivity index (χ3n) is 3.82. The van der Waals surface area contributed by atoms with Gasteiger partial charge >= 0.3 is 0 Å². The zero-order chi connectivity index (χ0) is 17.3. The molecule has 0 radical (unpaired) electrons. The predicted octanol–water partition coefficient (Wildman–Crippen LogP) is 3.74. The molecule has 24 heavy (non-hydrogen) atoms. The van der Waals surface area contributed by atoms with Crippen molar-refractivity contribution in [3.8, 4) is 0 Å². The Hall–Kier alpha value is -0.820. The van der Waals surface area contributed by atoms with E-state index in [-0.39, 0.29) is 29.5 Å². The molecular formula is C19H35IN4. The second-order valence-corrected chi connectivity index (χ2v) is 7.07. The van der Waals surface area contributed by atoms with Gasteiger partial charge in [-0.15, -0.1) is 24.0 Å². The van der Waals surface area contributed by atoms with Crippen LogP contribution in [0.2, 0.25) is 0 Å². The number of halogens is 1. The largest absolute Gasteiger partial charge is 0.357 e. The third-order valence-corrected chi connectivity index (χ3v) is 3.82. The van der Waals surface area contributed by atoms with E-state index in [0.717, 1.165) is 25.6 Å². The van der Waals surface area contributed by atoms with E-state index >= 15 is 0 Å². The van der Waals surface area contributed by atoms with Crippen LogP contribution in [0.4, 0.5) is 0 Å². The first kappa shape index (κ1) is 23.2. The number of benzene rings is 1. The topological polar surface area (TPSA) is 48.5 Å². The van der Waals surface area contributed by atoms with Crippen LogP contribution in [-0.2, 0) is 0 Å². The molecule has 1 rings (SSSR count). The maximum Gasteiger partial charge on any atom is 0.191 e. The summed E-state index contributed by atoms with van der Waals surface area (Å²) in [6, 6.07) is 10.9. The Morgan fingerprint density at radius 1 is 1.12 bits per heavy atom. The molecule has 0 saturated carbocycles. The number of hydrogen-bond acceptors (Lipinski definition) is 2. The van der Waals surface area contributed by atoms with Gasteiger partial charge in [0.15, 0.2) is 5.96 Å². The average molecular weight is 446 g/mol. The molecule has 0 heterocycles. The van der Waals surface area contributed by atoms with Crippen molar-refractivity contribution in [2.45, 2.75) is 59.0 Å². The van der Waals surface area contributed by atoms with Crippen LogP contribution in [0.1, 0.15) is 53.0 Å². The van der Waals surface area contributed by atoms with Gasteiger partial charge in [0.25, 0.3) is 0 Å². The minimum atomic E-state index is 0. The van der Waals surface area contributed by atoms with Crippen molar-refractivity contribution >= 4 is 29.9 Å². The lowest BCUT2D eigenvalue weighted by molar-refractivity contribution is 0.432. The number of nitrogens with one attached hydrogen (secondary N) is 3.